The standard InChI is InChI=1S/C27H30N4O3/c1-34-17-23(14-25-26(32)27(33)31-18-30-25)22-10-8-20(9-11-22)3-2-19-4-6-21(7-5-19)15-29-24-12-13-28-16-24/h4-11,18,23-24,28-29,32H,12-17H2,1H3,(H,30,31,33)/t23-,24+/m1/s1. The maximum Gasteiger partial charge on any atom is 0.293 e. The molecule has 1 fully saturated rings. The number of benzene rings is 2. The lowest BCUT2D eigenvalue weighted by molar-refractivity contribution is 0.178. The number of ether oxygens (including phenoxy) is 1. The molecular weight excluding hydrogens is 428 g/mol. The molecule has 7 nitrogen and oxygen atoms in total. The van der Waals surface area contributed by atoms with Gasteiger partial charge in [0.25, 0.3) is 5.56 Å². The maximum atomic E-state index is 11.7. The van der Waals surface area contributed by atoms with E-state index >= 15 is 0 Å². The van der Waals surface area contributed by atoms with Gasteiger partial charge in [-0.15, -0.1) is 0 Å². The molecule has 1 aromatic heterocycles. The van der Waals surface area contributed by atoms with Gasteiger partial charge in [0.15, 0.2) is 0 Å². The molecule has 7 heteroatoms. The fraction of sp³-hybridized carbons (Fsp3) is 0.333. The highest BCUT2D eigenvalue weighted by Crippen LogP contribution is 2.23. The predicted molar refractivity (Wildman–Crippen MR) is 132 cm³/mol. The summed E-state index contributed by atoms with van der Waals surface area (Å²) >= 11 is 0. The van der Waals surface area contributed by atoms with Crippen molar-refractivity contribution in [3.05, 3.63) is 93.2 Å². The Balaban J connectivity index is 1.39. The summed E-state index contributed by atoms with van der Waals surface area (Å²) in [6.07, 6.45) is 2.88. The average Bonchev–Trinajstić information content (AvgIpc) is 3.39. The molecule has 2 aromatic carbocycles. The van der Waals surface area contributed by atoms with Crippen LogP contribution in [-0.2, 0) is 17.7 Å². The highest BCUT2D eigenvalue weighted by molar-refractivity contribution is 5.44. The van der Waals surface area contributed by atoms with Gasteiger partial charge >= 0.3 is 0 Å². The number of nitrogens with zero attached hydrogens (tertiary/aromatic N) is 1. The Kier molecular flexibility index (Phi) is 8.10. The van der Waals surface area contributed by atoms with E-state index in [4.69, 9.17) is 4.74 Å². The van der Waals surface area contributed by atoms with E-state index in [9.17, 15) is 9.90 Å². The van der Waals surface area contributed by atoms with Crippen LogP contribution in [0.4, 0.5) is 0 Å². The minimum absolute atomic E-state index is 0.0478. The monoisotopic (exact) mass is 458 g/mol. The van der Waals surface area contributed by atoms with E-state index in [1.807, 2.05) is 24.3 Å². The normalized spacial score (nSPS) is 16.1. The molecule has 0 saturated carbocycles. The van der Waals surface area contributed by atoms with Crippen molar-refractivity contribution < 1.29 is 9.84 Å². The molecular formula is C27H30N4O3. The minimum atomic E-state index is -0.540. The fourth-order valence-electron chi connectivity index (χ4n) is 4.07. The van der Waals surface area contributed by atoms with Crippen molar-refractivity contribution in [2.75, 3.05) is 26.8 Å². The molecule has 0 amide bonds. The molecule has 0 unspecified atom stereocenters. The van der Waals surface area contributed by atoms with E-state index in [0.717, 1.165) is 36.3 Å². The number of hydrogen-bond donors (Lipinski definition) is 4. The first-order valence-corrected chi connectivity index (χ1v) is 11.5. The molecule has 0 aliphatic carbocycles. The second-order valence-corrected chi connectivity index (χ2v) is 8.52. The molecule has 4 N–H and O–H groups in total. The zero-order chi connectivity index (χ0) is 23.8. The number of hydrogen-bond acceptors (Lipinski definition) is 6. The molecule has 1 saturated heterocycles. The van der Waals surface area contributed by atoms with Gasteiger partial charge in [0, 0.05) is 49.7 Å². The molecule has 176 valence electrons. The van der Waals surface area contributed by atoms with Crippen LogP contribution in [0.15, 0.2) is 59.7 Å². The highest BCUT2D eigenvalue weighted by atomic mass is 16.5. The lowest BCUT2D eigenvalue weighted by Crippen LogP contribution is -2.30. The van der Waals surface area contributed by atoms with Gasteiger partial charge in [-0.1, -0.05) is 36.1 Å². The smallest absolute Gasteiger partial charge is 0.293 e. The number of aromatic hydroxyl groups is 1. The van der Waals surface area contributed by atoms with Crippen molar-refractivity contribution in [3.63, 3.8) is 0 Å². The molecule has 2 atom stereocenters. The first kappa shape index (κ1) is 23.7. The van der Waals surface area contributed by atoms with E-state index < -0.39 is 5.56 Å². The molecule has 4 rings (SSSR count). The van der Waals surface area contributed by atoms with Gasteiger partial charge in [0.2, 0.25) is 5.75 Å². The van der Waals surface area contributed by atoms with Crippen LogP contribution in [-0.4, -0.2) is 47.9 Å². The first-order valence-electron chi connectivity index (χ1n) is 11.5. The summed E-state index contributed by atoms with van der Waals surface area (Å²) < 4.78 is 5.36. The van der Waals surface area contributed by atoms with Gasteiger partial charge in [-0.25, -0.2) is 4.98 Å². The van der Waals surface area contributed by atoms with E-state index in [0.29, 0.717) is 24.8 Å². The Morgan fingerprint density at radius 1 is 1.15 bits per heavy atom. The third-order valence-electron chi connectivity index (χ3n) is 6.05. The van der Waals surface area contributed by atoms with Gasteiger partial charge < -0.3 is 25.5 Å². The fourth-order valence-corrected chi connectivity index (χ4v) is 4.07. The molecule has 0 radical (unpaired) electrons. The van der Waals surface area contributed by atoms with E-state index in [1.54, 1.807) is 7.11 Å². The third-order valence-corrected chi connectivity index (χ3v) is 6.05. The lowest BCUT2D eigenvalue weighted by atomic mass is 9.93. The molecule has 1 aliphatic rings. The quantitative estimate of drug-likeness (QED) is 0.387. The second kappa shape index (κ2) is 11.6. The number of methoxy groups -OCH3 is 1. The number of aromatic nitrogens is 2. The van der Waals surface area contributed by atoms with E-state index in [2.05, 4.69) is 56.7 Å². The highest BCUT2D eigenvalue weighted by Gasteiger charge is 2.17. The predicted octanol–water partition coefficient (Wildman–Crippen LogP) is 2.30. The number of H-pyrrole nitrogens is 1. The zero-order valence-corrected chi connectivity index (χ0v) is 19.3. The number of aromatic amines is 1. The number of nitrogens with one attached hydrogen (secondary N) is 3. The number of rotatable bonds is 8. The molecule has 3 aromatic rings. The van der Waals surface area contributed by atoms with Crippen LogP contribution in [0.3, 0.4) is 0 Å². The van der Waals surface area contributed by atoms with Gasteiger partial charge in [-0.05, 0) is 48.4 Å². The molecule has 1 aliphatic heterocycles. The van der Waals surface area contributed by atoms with Crippen molar-refractivity contribution >= 4 is 0 Å². The largest absolute Gasteiger partial charge is 0.502 e. The van der Waals surface area contributed by atoms with E-state index in [-0.39, 0.29) is 11.7 Å². The Morgan fingerprint density at radius 3 is 2.50 bits per heavy atom. The molecule has 0 spiro atoms. The van der Waals surface area contributed by atoms with Crippen LogP contribution in [0, 0.1) is 11.8 Å². The van der Waals surface area contributed by atoms with Gasteiger partial charge in [0.05, 0.1) is 18.6 Å². The zero-order valence-electron chi connectivity index (χ0n) is 19.3. The van der Waals surface area contributed by atoms with Gasteiger partial charge in [-0.2, -0.15) is 0 Å². The van der Waals surface area contributed by atoms with Crippen LogP contribution < -0.4 is 16.2 Å². The van der Waals surface area contributed by atoms with Crippen molar-refractivity contribution in [2.24, 2.45) is 0 Å². The molecule has 34 heavy (non-hydrogen) atoms. The lowest BCUT2D eigenvalue weighted by Gasteiger charge is -2.16. The van der Waals surface area contributed by atoms with Crippen LogP contribution in [0.2, 0.25) is 0 Å². The van der Waals surface area contributed by atoms with Gasteiger partial charge in [-0.3, -0.25) is 4.79 Å². The van der Waals surface area contributed by atoms with Gasteiger partial charge in [0.1, 0.15) is 0 Å². The van der Waals surface area contributed by atoms with Crippen molar-refractivity contribution in [1.29, 1.82) is 0 Å². The van der Waals surface area contributed by atoms with Crippen molar-refractivity contribution in [1.82, 2.24) is 20.6 Å². The summed E-state index contributed by atoms with van der Waals surface area (Å²) in [4.78, 5) is 18.1. The second-order valence-electron chi connectivity index (χ2n) is 8.52. The first-order chi connectivity index (χ1) is 16.6. The Labute approximate surface area is 199 Å². The molecule has 2 heterocycles. The topological polar surface area (TPSA) is 99.3 Å². The minimum Gasteiger partial charge on any atom is -0.502 e. The van der Waals surface area contributed by atoms with Crippen LogP contribution in [0.5, 0.6) is 5.75 Å². The summed E-state index contributed by atoms with van der Waals surface area (Å²) in [7, 11) is 1.63. The summed E-state index contributed by atoms with van der Waals surface area (Å²) in [5, 5.41) is 17.0. The summed E-state index contributed by atoms with van der Waals surface area (Å²) in [5.74, 6) is 6.05. The van der Waals surface area contributed by atoms with Crippen LogP contribution >= 0.6 is 0 Å². The maximum absolute atomic E-state index is 11.7. The molecule has 0 bridgehead atoms. The Bertz CT molecular complexity index is 1190. The third kappa shape index (κ3) is 6.33. The van der Waals surface area contributed by atoms with E-state index in [1.165, 1.54) is 18.3 Å². The van der Waals surface area contributed by atoms with Crippen molar-refractivity contribution in [2.45, 2.75) is 31.3 Å². The Morgan fingerprint density at radius 2 is 1.85 bits per heavy atom. The average molecular weight is 459 g/mol. The summed E-state index contributed by atoms with van der Waals surface area (Å²) in [5.41, 5.74) is 3.99. The Hall–Kier alpha value is -3.44. The summed E-state index contributed by atoms with van der Waals surface area (Å²) in [6, 6.07) is 16.9. The van der Waals surface area contributed by atoms with Crippen LogP contribution in [0.25, 0.3) is 0 Å². The summed E-state index contributed by atoms with van der Waals surface area (Å²) in [6.45, 7) is 3.45. The SMILES string of the molecule is COC[C@@H](Cc1nc[nH]c(=O)c1O)c1ccc(C#Cc2ccc(CN[C@H]3CCNC3)cc2)cc1. The van der Waals surface area contributed by atoms with Crippen molar-refractivity contribution in [3.8, 4) is 17.6 Å². The van der Waals surface area contributed by atoms with Crippen LogP contribution in [0.1, 0.15) is 40.3 Å².